The van der Waals surface area contributed by atoms with Gasteiger partial charge in [-0.15, -0.1) is 0 Å². The van der Waals surface area contributed by atoms with Crippen LogP contribution in [0.3, 0.4) is 0 Å². The Labute approximate surface area is 120 Å². The predicted molar refractivity (Wildman–Crippen MR) is 75.5 cm³/mol. The van der Waals surface area contributed by atoms with Crippen molar-refractivity contribution < 1.29 is 9.53 Å². The molecule has 0 saturated carbocycles. The molecule has 0 bridgehead atoms. The molecule has 1 aromatic rings. The second kappa shape index (κ2) is 6.04. The summed E-state index contributed by atoms with van der Waals surface area (Å²) in [5, 5.41) is 1.32. The monoisotopic (exact) mass is 331 g/mol. The Morgan fingerprint density at radius 1 is 1.56 bits per heavy atom. The van der Waals surface area contributed by atoms with Crippen LogP contribution in [-0.4, -0.2) is 41.4 Å². The summed E-state index contributed by atoms with van der Waals surface area (Å²) in [7, 11) is 0. The molecule has 1 aliphatic heterocycles. The van der Waals surface area contributed by atoms with Crippen molar-refractivity contribution in [1.82, 2.24) is 4.90 Å². The van der Waals surface area contributed by atoms with Gasteiger partial charge in [-0.25, -0.2) is 0 Å². The molecule has 0 spiro atoms. The number of rotatable bonds is 2. The first-order valence-electron chi connectivity index (χ1n) is 5.86. The number of halogens is 2. The van der Waals surface area contributed by atoms with Gasteiger partial charge in [-0.3, -0.25) is 4.79 Å². The minimum atomic E-state index is 0.0126. The van der Waals surface area contributed by atoms with Crippen LogP contribution in [0.15, 0.2) is 24.3 Å². The maximum absolute atomic E-state index is 12.4. The lowest BCUT2D eigenvalue weighted by Crippen LogP contribution is -2.49. The van der Waals surface area contributed by atoms with E-state index in [1.54, 1.807) is 24.3 Å². The van der Waals surface area contributed by atoms with Gasteiger partial charge >= 0.3 is 0 Å². The van der Waals surface area contributed by atoms with Crippen molar-refractivity contribution in [1.29, 1.82) is 0 Å². The molecule has 1 heterocycles. The number of hydrogen-bond acceptors (Lipinski definition) is 2. The lowest BCUT2D eigenvalue weighted by atomic mass is 10.1. The Hall–Kier alpha value is -0.580. The molecule has 1 saturated heterocycles. The SMILES string of the molecule is CC1CN(C(=O)c2cccc(Cl)c2)CC(CBr)O1. The van der Waals surface area contributed by atoms with E-state index in [1.807, 2.05) is 11.8 Å². The number of amides is 1. The van der Waals surface area contributed by atoms with Crippen LogP contribution in [0, 0.1) is 0 Å². The number of ether oxygens (including phenoxy) is 1. The molecule has 5 heteroatoms. The third kappa shape index (κ3) is 3.25. The number of carbonyl (C=O) groups excluding carboxylic acids is 1. The fourth-order valence-electron chi connectivity index (χ4n) is 2.10. The second-order valence-corrected chi connectivity index (χ2v) is 5.53. The van der Waals surface area contributed by atoms with Crippen molar-refractivity contribution in [2.24, 2.45) is 0 Å². The molecule has 1 fully saturated rings. The van der Waals surface area contributed by atoms with Gasteiger partial charge in [-0.2, -0.15) is 0 Å². The highest BCUT2D eigenvalue weighted by Gasteiger charge is 2.28. The summed E-state index contributed by atoms with van der Waals surface area (Å²) < 4.78 is 5.71. The van der Waals surface area contributed by atoms with E-state index in [1.165, 1.54) is 0 Å². The van der Waals surface area contributed by atoms with Gasteiger partial charge in [0.1, 0.15) is 0 Å². The minimum Gasteiger partial charge on any atom is -0.371 e. The zero-order chi connectivity index (χ0) is 13.1. The molecule has 0 N–H and O–H groups in total. The maximum Gasteiger partial charge on any atom is 0.254 e. The number of morpholine rings is 1. The molecule has 1 aliphatic rings. The van der Waals surface area contributed by atoms with Crippen molar-refractivity contribution in [3.8, 4) is 0 Å². The van der Waals surface area contributed by atoms with Crippen molar-refractivity contribution in [3.63, 3.8) is 0 Å². The van der Waals surface area contributed by atoms with Gasteiger partial charge in [-0.05, 0) is 25.1 Å². The summed E-state index contributed by atoms with van der Waals surface area (Å²) in [5.41, 5.74) is 0.630. The fraction of sp³-hybridized carbons (Fsp3) is 0.462. The van der Waals surface area contributed by atoms with E-state index < -0.39 is 0 Å². The van der Waals surface area contributed by atoms with Crippen LogP contribution in [0.4, 0.5) is 0 Å². The van der Waals surface area contributed by atoms with Gasteiger partial charge in [0, 0.05) is 29.0 Å². The molecule has 2 unspecified atom stereocenters. The molecule has 2 atom stereocenters. The van der Waals surface area contributed by atoms with Gasteiger partial charge in [0.15, 0.2) is 0 Å². The Morgan fingerprint density at radius 3 is 3.00 bits per heavy atom. The van der Waals surface area contributed by atoms with Crippen molar-refractivity contribution in [3.05, 3.63) is 34.9 Å². The molecule has 0 aromatic heterocycles. The van der Waals surface area contributed by atoms with Crippen molar-refractivity contribution >= 4 is 33.4 Å². The zero-order valence-electron chi connectivity index (χ0n) is 10.1. The average Bonchev–Trinajstić information content (AvgIpc) is 2.37. The highest BCUT2D eigenvalue weighted by Crippen LogP contribution is 2.17. The quantitative estimate of drug-likeness (QED) is 0.779. The zero-order valence-corrected chi connectivity index (χ0v) is 12.4. The summed E-state index contributed by atoms with van der Waals surface area (Å²) in [4.78, 5) is 14.2. The fourth-order valence-corrected chi connectivity index (χ4v) is 2.65. The largest absolute Gasteiger partial charge is 0.371 e. The highest BCUT2D eigenvalue weighted by atomic mass is 79.9. The number of alkyl halides is 1. The molecule has 3 nitrogen and oxygen atoms in total. The van der Waals surface area contributed by atoms with Gasteiger partial charge in [-0.1, -0.05) is 33.6 Å². The van der Waals surface area contributed by atoms with E-state index in [0.29, 0.717) is 23.7 Å². The van der Waals surface area contributed by atoms with Crippen molar-refractivity contribution in [2.45, 2.75) is 19.1 Å². The van der Waals surface area contributed by atoms with Crippen LogP contribution < -0.4 is 0 Å². The van der Waals surface area contributed by atoms with E-state index in [-0.39, 0.29) is 18.1 Å². The number of carbonyl (C=O) groups is 1. The van der Waals surface area contributed by atoms with Gasteiger partial charge in [0.2, 0.25) is 0 Å². The Morgan fingerprint density at radius 2 is 2.33 bits per heavy atom. The first kappa shape index (κ1) is 13.8. The maximum atomic E-state index is 12.4. The van der Waals surface area contributed by atoms with Crippen LogP contribution in [0.1, 0.15) is 17.3 Å². The Bertz CT molecular complexity index is 441. The molecular weight excluding hydrogens is 318 g/mol. The van der Waals surface area contributed by atoms with E-state index in [2.05, 4.69) is 15.9 Å². The summed E-state index contributed by atoms with van der Waals surface area (Å²) in [6, 6.07) is 7.05. The van der Waals surface area contributed by atoms with Gasteiger partial charge < -0.3 is 9.64 Å². The third-order valence-corrected chi connectivity index (χ3v) is 3.81. The summed E-state index contributed by atoms with van der Waals surface area (Å²) >= 11 is 9.31. The van der Waals surface area contributed by atoms with Crippen LogP contribution >= 0.6 is 27.5 Å². The molecule has 98 valence electrons. The standard InChI is InChI=1S/C13H15BrClNO2/c1-9-7-16(8-12(6-14)18-9)13(17)10-3-2-4-11(15)5-10/h2-5,9,12H,6-8H2,1H3. The topological polar surface area (TPSA) is 29.5 Å². The average molecular weight is 333 g/mol. The van der Waals surface area contributed by atoms with Crippen molar-refractivity contribution in [2.75, 3.05) is 18.4 Å². The van der Waals surface area contributed by atoms with E-state index >= 15 is 0 Å². The first-order chi connectivity index (χ1) is 8.60. The predicted octanol–water partition coefficient (Wildman–Crippen LogP) is 2.96. The van der Waals surface area contributed by atoms with E-state index in [0.717, 1.165) is 5.33 Å². The Balaban J connectivity index is 2.13. The lowest BCUT2D eigenvalue weighted by Gasteiger charge is -2.36. The lowest BCUT2D eigenvalue weighted by molar-refractivity contribution is -0.0559. The summed E-state index contributed by atoms with van der Waals surface area (Å²) in [5.74, 6) is 0.0126. The van der Waals surface area contributed by atoms with Gasteiger partial charge in [0.05, 0.1) is 12.2 Å². The second-order valence-electron chi connectivity index (χ2n) is 4.44. The number of nitrogens with zero attached hydrogens (tertiary/aromatic N) is 1. The number of hydrogen-bond donors (Lipinski definition) is 0. The smallest absolute Gasteiger partial charge is 0.254 e. The molecule has 0 aliphatic carbocycles. The van der Waals surface area contributed by atoms with Crippen LogP contribution in [-0.2, 0) is 4.74 Å². The van der Waals surface area contributed by atoms with Crippen LogP contribution in [0.25, 0.3) is 0 Å². The summed E-state index contributed by atoms with van der Waals surface area (Å²) in [6.45, 7) is 3.21. The molecule has 1 amide bonds. The summed E-state index contributed by atoms with van der Waals surface area (Å²) in [6.07, 6.45) is 0.112. The first-order valence-corrected chi connectivity index (χ1v) is 7.36. The molecule has 2 rings (SSSR count). The van der Waals surface area contributed by atoms with E-state index in [4.69, 9.17) is 16.3 Å². The molecule has 0 radical (unpaired) electrons. The normalized spacial score (nSPS) is 24.1. The number of benzene rings is 1. The van der Waals surface area contributed by atoms with Crippen LogP contribution in [0.2, 0.25) is 5.02 Å². The highest BCUT2D eigenvalue weighted by molar-refractivity contribution is 9.09. The van der Waals surface area contributed by atoms with Crippen LogP contribution in [0.5, 0.6) is 0 Å². The molecular formula is C13H15BrClNO2. The molecule has 18 heavy (non-hydrogen) atoms. The Kier molecular flexibility index (Phi) is 4.65. The molecule has 1 aromatic carbocycles. The third-order valence-electron chi connectivity index (χ3n) is 2.86. The van der Waals surface area contributed by atoms with Gasteiger partial charge in [0.25, 0.3) is 5.91 Å². The van der Waals surface area contributed by atoms with E-state index in [9.17, 15) is 4.79 Å². The minimum absolute atomic E-state index is 0.0126.